The molecule has 0 fully saturated rings. The monoisotopic (exact) mass is 329 g/mol. The van der Waals surface area contributed by atoms with E-state index in [1.54, 1.807) is 0 Å². The molecule has 24 heavy (non-hydrogen) atoms. The second-order valence-corrected chi connectivity index (χ2v) is 6.54. The molecule has 1 amide bonds. The molecular weight excluding hydrogens is 306 g/mol. The highest BCUT2D eigenvalue weighted by molar-refractivity contribution is 6.05. The Morgan fingerprint density at radius 2 is 1.96 bits per heavy atom. The fourth-order valence-electron chi connectivity index (χ4n) is 3.56. The predicted octanol–water partition coefficient (Wildman–Crippen LogP) is 2.83. The fourth-order valence-corrected chi connectivity index (χ4v) is 3.56. The molecule has 0 N–H and O–H groups in total. The third-order valence-corrected chi connectivity index (χ3v) is 4.68. The number of carbonyl (C=O) groups is 3. The maximum absolute atomic E-state index is 12.5. The first-order valence-corrected chi connectivity index (χ1v) is 8.69. The lowest BCUT2D eigenvalue weighted by Crippen LogP contribution is -2.31. The number of ketones is 1. The number of benzene rings is 1. The summed E-state index contributed by atoms with van der Waals surface area (Å²) in [6, 6.07) is 3.88. The Labute approximate surface area is 142 Å². The van der Waals surface area contributed by atoms with E-state index in [1.807, 2.05) is 17.0 Å². The van der Waals surface area contributed by atoms with E-state index in [4.69, 9.17) is 4.74 Å². The van der Waals surface area contributed by atoms with E-state index < -0.39 is 0 Å². The summed E-state index contributed by atoms with van der Waals surface area (Å²) in [5.74, 6) is 0.0285. The Hall–Kier alpha value is -2.17. The lowest BCUT2D eigenvalue weighted by atomic mass is 9.94. The number of hydrogen-bond acceptors (Lipinski definition) is 4. The molecule has 0 bridgehead atoms. The molecule has 0 spiro atoms. The van der Waals surface area contributed by atoms with Crippen molar-refractivity contribution in [2.45, 2.75) is 51.9 Å². The van der Waals surface area contributed by atoms with Crippen LogP contribution in [-0.4, -0.2) is 30.8 Å². The molecule has 3 rings (SSSR count). The van der Waals surface area contributed by atoms with Gasteiger partial charge in [0, 0.05) is 25.5 Å². The third kappa shape index (κ3) is 3.50. The molecule has 2 heterocycles. The van der Waals surface area contributed by atoms with Crippen LogP contribution >= 0.6 is 0 Å². The molecule has 0 radical (unpaired) electrons. The SMILES string of the molecule is CC(=O)OCCCCCC(=O)c1cc2c3c(c1)CC(=O)N3CCC2. The Morgan fingerprint density at radius 1 is 1.17 bits per heavy atom. The summed E-state index contributed by atoms with van der Waals surface area (Å²) in [6.07, 6.45) is 5.26. The Balaban J connectivity index is 1.58. The van der Waals surface area contributed by atoms with Gasteiger partial charge in [-0.05, 0) is 55.4 Å². The lowest BCUT2D eigenvalue weighted by molar-refractivity contribution is -0.141. The number of Topliss-reactive ketones (excluding diaryl/α,β-unsaturated/α-hetero) is 1. The van der Waals surface area contributed by atoms with Crippen LogP contribution < -0.4 is 4.90 Å². The second-order valence-electron chi connectivity index (χ2n) is 6.54. The van der Waals surface area contributed by atoms with Gasteiger partial charge in [0.25, 0.3) is 0 Å². The summed E-state index contributed by atoms with van der Waals surface area (Å²) in [5.41, 5.74) is 3.95. The van der Waals surface area contributed by atoms with Gasteiger partial charge in [-0.1, -0.05) is 0 Å². The van der Waals surface area contributed by atoms with Crippen molar-refractivity contribution < 1.29 is 19.1 Å². The average molecular weight is 329 g/mol. The van der Waals surface area contributed by atoms with E-state index in [-0.39, 0.29) is 17.7 Å². The first kappa shape index (κ1) is 16.7. The van der Waals surface area contributed by atoms with Gasteiger partial charge >= 0.3 is 5.97 Å². The van der Waals surface area contributed by atoms with Crippen LogP contribution in [0.4, 0.5) is 5.69 Å². The van der Waals surface area contributed by atoms with Crippen LogP contribution in [-0.2, 0) is 27.2 Å². The first-order chi connectivity index (χ1) is 11.6. The molecule has 0 unspecified atom stereocenters. The minimum absolute atomic E-state index is 0.137. The number of amides is 1. The molecule has 1 aromatic rings. The molecule has 5 nitrogen and oxygen atoms in total. The van der Waals surface area contributed by atoms with E-state index >= 15 is 0 Å². The number of carbonyl (C=O) groups excluding carboxylic acids is 3. The van der Waals surface area contributed by atoms with Crippen LogP contribution in [0.1, 0.15) is 60.5 Å². The van der Waals surface area contributed by atoms with E-state index in [0.717, 1.165) is 61.0 Å². The molecular formula is C19H23NO4. The van der Waals surface area contributed by atoms with Crippen LogP contribution in [0.5, 0.6) is 0 Å². The summed E-state index contributed by atoms with van der Waals surface area (Å²) < 4.78 is 4.88. The zero-order valence-corrected chi connectivity index (χ0v) is 14.1. The number of ether oxygens (including phenoxy) is 1. The minimum Gasteiger partial charge on any atom is -0.466 e. The normalized spacial score (nSPS) is 15.4. The Morgan fingerprint density at radius 3 is 2.75 bits per heavy atom. The molecule has 2 aliphatic rings. The molecule has 5 heteroatoms. The van der Waals surface area contributed by atoms with Gasteiger partial charge in [-0.15, -0.1) is 0 Å². The van der Waals surface area contributed by atoms with Crippen LogP contribution in [0.25, 0.3) is 0 Å². The van der Waals surface area contributed by atoms with Crippen molar-refractivity contribution in [2.75, 3.05) is 18.1 Å². The highest BCUT2D eigenvalue weighted by Crippen LogP contribution is 2.37. The molecule has 1 aromatic carbocycles. The second kappa shape index (κ2) is 7.16. The van der Waals surface area contributed by atoms with Crippen LogP contribution in [0, 0.1) is 0 Å². The molecule has 0 saturated carbocycles. The number of rotatable bonds is 7. The van der Waals surface area contributed by atoms with Crippen LogP contribution in [0.15, 0.2) is 12.1 Å². The number of esters is 1. The van der Waals surface area contributed by atoms with Crippen molar-refractivity contribution in [2.24, 2.45) is 0 Å². The van der Waals surface area contributed by atoms with E-state index in [1.165, 1.54) is 6.92 Å². The molecule has 128 valence electrons. The van der Waals surface area contributed by atoms with Crippen LogP contribution in [0.2, 0.25) is 0 Å². The summed E-state index contributed by atoms with van der Waals surface area (Å²) in [7, 11) is 0. The van der Waals surface area contributed by atoms with Gasteiger partial charge in [-0.25, -0.2) is 0 Å². The summed E-state index contributed by atoms with van der Waals surface area (Å²) in [4.78, 5) is 37.0. The van der Waals surface area contributed by atoms with Crippen LogP contribution in [0.3, 0.4) is 0 Å². The molecule has 0 aliphatic carbocycles. The maximum Gasteiger partial charge on any atom is 0.302 e. The largest absolute Gasteiger partial charge is 0.466 e. The Bertz CT molecular complexity index is 680. The number of anilines is 1. The maximum atomic E-state index is 12.5. The van der Waals surface area contributed by atoms with Crippen molar-refractivity contribution >= 4 is 23.3 Å². The number of hydrogen-bond donors (Lipinski definition) is 0. The van der Waals surface area contributed by atoms with E-state index in [2.05, 4.69) is 0 Å². The number of aryl methyl sites for hydroxylation is 1. The van der Waals surface area contributed by atoms with Gasteiger partial charge in [0.2, 0.25) is 5.91 Å². The quantitative estimate of drug-likeness (QED) is 0.438. The smallest absolute Gasteiger partial charge is 0.302 e. The minimum atomic E-state index is -0.262. The van der Waals surface area contributed by atoms with Crippen molar-refractivity contribution in [3.05, 3.63) is 28.8 Å². The van der Waals surface area contributed by atoms with Crippen molar-refractivity contribution in [3.63, 3.8) is 0 Å². The predicted molar refractivity (Wildman–Crippen MR) is 90.3 cm³/mol. The van der Waals surface area contributed by atoms with Gasteiger partial charge in [0.15, 0.2) is 5.78 Å². The van der Waals surface area contributed by atoms with Gasteiger partial charge in [-0.3, -0.25) is 14.4 Å². The highest BCUT2D eigenvalue weighted by atomic mass is 16.5. The first-order valence-electron chi connectivity index (χ1n) is 8.69. The molecule has 0 saturated heterocycles. The topological polar surface area (TPSA) is 63.7 Å². The van der Waals surface area contributed by atoms with Crippen molar-refractivity contribution in [1.29, 1.82) is 0 Å². The van der Waals surface area contributed by atoms with Gasteiger partial charge in [-0.2, -0.15) is 0 Å². The van der Waals surface area contributed by atoms with E-state index in [0.29, 0.717) is 19.4 Å². The number of nitrogens with zero attached hydrogens (tertiary/aromatic N) is 1. The fraction of sp³-hybridized carbons (Fsp3) is 0.526. The van der Waals surface area contributed by atoms with Gasteiger partial charge in [0.1, 0.15) is 0 Å². The molecule has 0 atom stereocenters. The summed E-state index contributed by atoms with van der Waals surface area (Å²) >= 11 is 0. The standard InChI is InChI=1S/C19H23NO4/c1-13(21)24-9-4-2-3-7-17(22)15-10-14-6-5-8-20-18(23)12-16(11-15)19(14)20/h10-11H,2-9,12H2,1H3. The molecule has 2 aliphatic heterocycles. The van der Waals surface area contributed by atoms with E-state index in [9.17, 15) is 14.4 Å². The van der Waals surface area contributed by atoms with Crippen molar-refractivity contribution in [3.8, 4) is 0 Å². The zero-order valence-electron chi connectivity index (χ0n) is 14.1. The lowest BCUT2D eigenvalue weighted by Gasteiger charge is -2.25. The average Bonchev–Trinajstić information content (AvgIpc) is 2.88. The summed E-state index contributed by atoms with van der Waals surface area (Å²) in [5, 5.41) is 0. The third-order valence-electron chi connectivity index (χ3n) is 4.68. The molecule has 0 aromatic heterocycles. The zero-order chi connectivity index (χ0) is 17.1. The summed E-state index contributed by atoms with van der Waals surface area (Å²) in [6.45, 7) is 2.62. The Kier molecular flexibility index (Phi) is 4.97. The number of unbranched alkanes of at least 4 members (excludes halogenated alkanes) is 2. The van der Waals surface area contributed by atoms with Gasteiger partial charge in [0.05, 0.1) is 18.7 Å². The van der Waals surface area contributed by atoms with Gasteiger partial charge < -0.3 is 9.64 Å². The van der Waals surface area contributed by atoms with Crippen molar-refractivity contribution in [1.82, 2.24) is 0 Å². The highest BCUT2D eigenvalue weighted by Gasteiger charge is 2.32.